The number of hydrogen-bond donors (Lipinski definition) is 0. The molecule has 16 heavy (non-hydrogen) atoms. The molecule has 0 aromatic heterocycles. The zero-order valence-corrected chi connectivity index (χ0v) is 9.68. The molecule has 1 aromatic carbocycles. The van der Waals surface area contributed by atoms with Crippen molar-refractivity contribution in [1.29, 1.82) is 0 Å². The summed E-state index contributed by atoms with van der Waals surface area (Å²) in [6, 6.07) is 2.63. The molecule has 0 unspecified atom stereocenters. The Morgan fingerprint density at radius 3 is 2.62 bits per heavy atom. The molecule has 7 heteroatoms. The van der Waals surface area contributed by atoms with Gasteiger partial charge in [0.05, 0.1) is 17.6 Å². The summed E-state index contributed by atoms with van der Waals surface area (Å²) >= 11 is 3.00. The fourth-order valence-corrected chi connectivity index (χ4v) is 1.65. The number of nitrogens with zero attached hydrogens (tertiary/aromatic N) is 1. The Balaban J connectivity index is 3.60. The van der Waals surface area contributed by atoms with E-state index < -0.39 is 16.6 Å². The number of carbonyl (C=O) groups is 2. The first-order chi connectivity index (χ1) is 7.52. The maximum atomic E-state index is 11.4. The van der Waals surface area contributed by atoms with Crippen LogP contribution in [0.5, 0.6) is 0 Å². The van der Waals surface area contributed by atoms with Crippen LogP contribution >= 0.6 is 15.9 Å². The molecular formula is C9H6BrNO5. The van der Waals surface area contributed by atoms with Crippen LogP contribution in [0.3, 0.4) is 0 Å². The number of hydrogen-bond acceptors (Lipinski definition) is 5. The second-order valence-electron chi connectivity index (χ2n) is 2.73. The molecule has 0 saturated carbocycles. The van der Waals surface area contributed by atoms with Crippen molar-refractivity contribution < 1.29 is 19.2 Å². The molecule has 0 saturated heterocycles. The summed E-state index contributed by atoms with van der Waals surface area (Å²) in [7, 11) is 1.10. The second kappa shape index (κ2) is 4.84. The van der Waals surface area contributed by atoms with Crippen molar-refractivity contribution in [2.45, 2.75) is 0 Å². The van der Waals surface area contributed by atoms with E-state index in [-0.39, 0.29) is 15.6 Å². The number of ether oxygens (including phenoxy) is 1. The van der Waals surface area contributed by atoms with E-state index in [0.717, 1.165) is 7.11 Å². The Labute approximate surface area is 98.5 Å². The maximum Gasteiger partial charge on any atom is 0.346 e. The largest absolute Gasteiger partial charge is 0.465 e. The van der Waals surface area contributed by atoms with Gasteiger partial charge in [-0.1, -0.05) is 0 Å². The summed E-state index contributed by atoms with van der Waals surface area (Å²) in [5, 5.41) is 10.8. The lowest BCUT2D eigenvalue weighted by atomic mass is 10.1. The van der Waals surface area contributed by atoms with E-state index in [1.54, 1.807) is 0 Å². The number of halogens is 1. The molecule has 0 amide bonds. The SMILES string of the molecule is COC(=O)c1c(Br)ccc(C=O)c1[N+](=O)[O-]. The number of carbonyl (C=O) groups excluding carboxylic acids is 2. The number of nitro benzene ring substituents is 1. The van der Waals surface area contributed by atoms with Gasteiger partial charge in [0, 0.05) is 4.47 Å². The number of benzene rings is 1. The smallest absolute Gasteiger partial charge is 0.346 e. The number of methoxy groups -OCH3 is 1. The van der Waals surface area contributed by atoms with Crippen molar-refractivity contribution in [1.82, 2.24) is 0 Å². The third kappa shape index (κ3) is 2.08. The molecule has 0 spiro atoms. The molecular weight excluding hydrogens is 282 g/mol. The Kier molecular flexibility index (Phi) is 3.73. The van der Waals surface area contributed by atoms with Crippen molar-refractivity contribution in [3.63, 3.8) is 0 Å². The number of aldehydes is 1. The van der Waals surface area contributed by atoms with E-state index in [1.807, 2.05) is 0 Å². The Hall–Kier alpha value is -1.76. The van der Waals surface area contributed by atoms with Gasteiger partial charge in [0.2, 0.25) is 0 Å². The van der Waals surface area contributed by atoms with Crippen molar-refractivity contribution in [3.05, 3.63) is 37.8 Å². The van der Waals surface area contributed by atoms with E-state index in [2.05, 4.69) is 20.7 Å². The fraction of sp³-hybridized carbons (Fsp3) is 0.111. The average molecular weight is 288 g/mol. The highest BCUT2D eigenvalue weighted by Crippen LogP contribution is 2.30. The molecule has 6 nitrogen and oxygen atoms in total. The van der Waals surface area contributed by atoms with Gasteiger partial charge >= 0.3 is 5.97 Å². The summed E-state index contributed by atoms with van der Waals surface area (Å²) in [5.74, 6) is -0.873. The molecule has 0 N–H and O–H groups in total. The van der Waals surface area contributed by atoms with Gasteiger partial charge in [-0.2, -0.15) is 0 Å². The van der Waals surface area contributed by atoms with Crippen LogP contribution in [0.4, 0.5) is 5.69 Å². The minimum Gasteiger partial charge on any atom is -0.465 e. The molecule has 0 aliphatic rings. The van der Waals surface area contributed by atoms with Crippen LogP contribution in [0.2, 0.25) is 0 Å². The van der Waals surface area contributed by atoms with Gasteiger partial charge in [-0.05, 0) is 28.1 Å². The van der Waals surface area contributed by atoms with Crippen molar-refractivity contribution in [2.24, 2.45) is 0 Å². The van der Waals surface area contributed by atoms with E-state index >= 15 is 0 Å². The highest BCUT2D eigenvalue weighted by Gasteiger charge is 2.27. The van der Waals surface area contributed by atoms with Crippen LogP contribution in [-0.4, -0.2) is 24.3 Å². The van der Waals surface area contributed by atoms with Crippen LogP contribution < -0.4 is 0 Å². The summed E-state index contributed by atoms with van der Waals surface area (Å²) in [6.45, 7) is 0. The Morgan fingerprint density at radius 2 is 2.19 bits per heavy atom. The summed E-state index contributed by atoms with van der Waals surface area (Å²) in [6.07, 6.45) is 0.316. The third-order valence-electron chi connectivity index (χ3n) is 1.86. The lowest BCUT2D eigenvalue weighted by molar-refractivity contribution is -0.385. The number of nitro groups is 1. The van der Waals surface area contributed by atoms with E-state index in [9.17, 15) is 19.7 Å². The zero-order chi connectivity index (χ0) is 12.3. The van der Waals surface area contributed by atoms with Crippen molar-refractivity contribution >= 4 is 33.9 Å². The highest BCUT2D eigenvalue weighted by atomic mass is 79.9. The van der Waals surface area contributed by atoms with E-state index in [1.165, 1.54) is 12.1 Å². The molecule has 84 valence electrons. The molecule has 0 heterocycles. The van der Waals surface area contributed by atoms with Crippen molar-refractivity contribution in [3.8, 4) is 0 Å². The quantitative estimate of drug-likeness (QED) is 0.367. The van der Waals surface area contributed by atoms with Crippen LogP contribution in [0.15, 0.2) is 16.6 Å². The lowest BCUT2D eigenvalue weighted by Gasteiger charge is -2.04. The Bertz CT molecular complexity index is 471. The average Bonchev–Trinajstić information content (AvgIpc) is 2.27. The van der Waals surface area contributed by atoms with E-state index in [4.69, 9.17) is 0 Å². The topological polar surface area (TPSA) is 86.5 Å². The van der Waals surface area contributed by atoms with Gasteiger partial charge in [-0.15, -0.1) is 0 Å². The van der Waals surface area contributed by atoms with Crippen LogP contribution in [0, 0.1) is 10.1 Å². The molecule has 1 aromatic rings. The first-order valence-corrected chi connectivity index (χ1v) is 4.82. The van der Waals surface area contributed by atoms with Gasteiger partial charge < -0.3 is 4.74 Å². The fourth-order valence-electron chi connectivity index (χ4n) is 1.17. The zero-order valence-electron chi connectivity index (χ0n) is 8.10. The Morgan fingerprint density at radius 1 is 1.56 bits per heavy atom. The van der Waals surface area contributed by atoms with Gasteiger partial charge in [-0.3, -0.25) is 14.9 Å². The van der Waals surface area contributed by atoms with E-state index in [0.29, 0.717) is 6.29 Å². The van der Waals surface area contributed by atoms with Crippen molar-refractivity contribution in [2.75, 3.05) is 7.11 Å². The molecule has 0 radical (unpaired) electrons. The normalized spacial score (nSPS) is 9.62. The highest BCUT2D eigenvalue weighted by molar-refractivity contribution is 9.10. The van der Waals surface area contributed by atoms with Gasteiger partial charge in [0.25, 0.3) is 5.69 Å². The number of esters is 1. The molecule has 1 rings (SSSR count). The molecule has 0 atom stereocenters. The standard InChI is InChI=1S/C9H6BrNO5/c1-16-9(13)7-6(10)3-2-5(4-12)8(7)11(14)15/h2-4H,1H3. The van der Waals surface area contributed by atoms with Crippen LogP contribution in [0.1, 0.15) is 20.7 Å². The molecule has 0 bridgehead atoms. The predicted octanol–water partition coefficient (Wildman–Crippen LogP) is 1.96. The molecule has 0 fully saturated rings. The number of rotatable bonds is 3. The minimum atomic E-state index is -0.873. The first kappa shape index (κ1) is 12.3. The third-order valence-corrected chi connectivity index (χ3v) is 2.52. The minimum absolute atomic E-state index is 0.173. The first-order valence-electron chi connectivity index (χ1n) is 4.03. The molecule has 0 aliphatic carbocycles. The summed E-state index contributed by atoms with van der Waals surface area (Å²) < 4.78 is 4.62. The lowest BCUT2D eigenvalue weighted by Crippen LogP contribution is -2.09. The van der Waals surface area contributed by atoms with Gasteiger partial charge in [-0.25, -0.2) is 4.79 Å². The molecule has 0 aliphatic heterocycles. The summed E-state index contributed by atoms with van der Waals surface area (Å²) in [4.78, 5) is 32.0. The predicted molar refractivity (Wildman–Crippen MR) is 57.5 cm³/mol. The van der Waals surface area contributed by atoms with Gasteiger partial charge in [0.1, 0.15) is 0 Å². The second-order valence-corrected chi connectivity index (χ2v) is 3.58. The maximum absolute atomic E-state index is 11.4. The monoisotopic (exact) mass is 287 g/mol. The van der Waals surface area contributed by atoms with Crippen LogP contribution in [0.25, 0.3) is 0 Å². The summed E-state index contributed by atoms with van der Waals surface area (Å²) in [5.41, 5.74) is -0.998. The van der Waals surface area contributed by atoms with Crippen LogP contribution in [-0.2, 0) is 4.74 Å². The van der Waals surface area contributed by atoms with Gasteiger partial charge in [0.15, 0.2) is 11.8 Å².